The molecule has 2 N–H and O–H groups in total. The first-order valence-corrected chi connectivity index (χ1v) is 8.66. The molecule has 9 heteroatoms. The maximum atomic E-state index is 13.0. The molecule has 0 saturated carbocycles. The molecule has 0 fully saturated rings. The number of ether oxygens (including phenoxy) is 1. The van der Waals surface area contributed by atoms with Gasteiger partial charge in [0.15, 0.2) is 0 Å². The van der Waals surface area contributed by atoms with E-state index in [9.17, 15) is 18.0 Å². The summed E-state index contributed by atoms with van der Waals surface area (Å²) >= 11 is 0. The Bertz CT molecular complexity index is 1010. The SMILES string of the molecule is CCOc1ccc(-c2cc(C(=O)N/N=C\c3ccccc3C(F)(F)F)[nH]n2)cc1. The minimum absolute atomic E-state index is 0.121. The number of halogens is 3. The van der Waals surface area contributed by atoms with Gasteiger partial charge in [-0.2, -0.15) is 23.4 Å². The summed E-state index contributed by atoms with van der Waals surface area (Å²) in [7, 11) is 0. The molecule has 0 atom stereocenters. The Labute approximate surface area is 164 Å². The van der Waals surface area contributed by atoms with Crippen LogP contribution in [-0.2, 0) is 6.18 Å². The number of alkyl halides is 3. The molecule has 0 saturated heterocycles. The number of rotatable bonds is 6. The maximum absolute atomic E-state index is 13.0. The largest absolute Gasteiger partial charge is 0.494 e. The molecular formula is C20H17F3N4O2. The number of carbonyl (C=O) groups is 1. The summed E-state index contributed by atoms with van der Waals surface area (Å²) in [5.74, 6) is 0.0913. The Kier molecular flexibility index (Phi) is 5.96. The van der Waals surface area contributed by atoms with Gasteiger partial charge >= 0.3 is 6.18 Å². The van der Waals surface area contributed by atoms with Gasteiger partial charge in [0.05, 0.1) is 24.1 Å². The van der Waals surface area contributed by atoms with Crippen LogP contribution in [0.5, 0.6) is 5.75 Å². The number of H-pyrrole nitrogens is 1. The highest BCUT2D eigenvalue weighted by Crippen LogP contribution is 2.31. The second-order valence-corrected chi connectivity index (χ2v) is 5.91. The normalized spacial score (nSPS) is 11.6. The number of hydrazone groups is 1. The van der Waals surface area contributed by atoms with Crippen LogP contribution in [0.2, 0.25) is 0 Å². The topological polar surface area (TPSA) is 79.4 Å². The van der Waals surface area contributed by atoms with Gasteiger partial charge in [0.1, 0.15) is 11.4 Å². The highest BCUT2D eigenvalue weighted by Gasteiger charge is 2.32. The standard InChI is InChI=1S/C20H17F3N4O2/c1-2-29-15-9-7-13(8-10-15)17-11-18(26-25-17)19(28)27-24-12-14-5-3-4-6-16(14)20(21,22)23/h3-12H,2H2,1H3,(H,25,26)(H,27,28)/b24-12-. The summed E-state index contributed by atoms with van der Waals surface area (Å²) in [6.45, 7) is 2.44. The van der Waals surface area contributed by atoms with Gasteiger partial charge in [-0.25, -0.2) is 5.43 Å². The van der Waals surface area contributed by atoms with E-state index in [-0.39, 0.29) is 11.3 Å². The number of carbonyl (C=O) groups excluding carboxylic acids is 1. The number of aromatic amines is 1. The number of hydrogen-bond acceptors (Lipinski definition) is 4. The van der Waals surface area contributed by atoms with Gasteiger partial charge in [-0.1, -0.05) is 18.2 Å². The molecule has 150 valence electrons. The zero-order valence-corrected chi connectivity index (χ0v) is 15.3. The molecule has 1 heterocycles. The van der Waals surface area contributed by atoms with Crippen molar-refractivity contribution >= 4 is 12.1 Å². The van der Waals surface area contributed by atoms with Crippen molar-refractivity contribution in [3.63, 3.8) is 0 Å². The Hall–Kier alpha value is -3.62. The van der Waals surface area contributed by atoms with Crippen LogP contribution in [0.4, 0.5) is 13.2 Å². The summed E-state index contributed by atoms with van der Waals surface area (Å²) in [5, 5.41) is 10.3. The van der Waals surface area contributed by atoms with Gasteiger partial charge in [0.25, 0.3) is 5.91 Å². The van der Waals surface area contributed by atoms with E-state index in [1.165, 1.54) is 24.3 Å². The van der Waals surface area contributed by atoms with Crippen LogP contribution >= 0.6 is 0 Å². The average Bonchev–Trinajstić information content (AvgIpc) is 3.19. The summed E-state index contributed by atoms with van der Waals surface area (Å²) in [5.41, 5.74) is 2.62. The van der Waals surface area contributed by atoms with Crippen molar-refractivity contribution in [1.29, 1.82) is 0 Å². The van der Waals surface area contributed by atoms with E-state index in [4.69, 9.17) is 4.74 Å². The molecule has 1 aromatic heterocycles. The number of hydrogen-bond donors (Lipinski definition) is 2. The second-order valence-electron chi connectivity index (χ2n) is 5.91. The van der Waals surface area contributed by atoms with Crippen LogP contribution in [0.25, 0.3) is 11.3 Å². The van der Waals surface area contributed by atoms with E-state index < -0.39 is 17.6 Å². The molecule has 0 radical (unpaired) electrons. The van der Waals surface area contributed by atoms with Crippen LogP contribution in [0.3, 0.4) is 0 Å². The lowest BCUT2D eigenvalue weighted by molar-refractivity contribution is -0.137. The number of benzene rings is 2. The number of nitrogens with one attached hydrogen (secondary N) is 2. The van der Waals surface area contributed by atoms with E-state index in [1.807, 2.05) is 6.92 Å². The van der Waals surface area contributed by atoms with Gasteiger partial charge < -0.3 is 4.74 Å². The molecular weight excluding hydrogens is 385 g/mol. The van der Waals surface area contributed by atoms with Gasteiger partial charge in [-0.3, -0.25) is 9.89 Å². The van der Waals surface area contributed by atoms with Crippen molar-refractivity contribution in [1.82, 2.24) is 15.6 Å². The molecule has 29 heavy (non-hydrogen) atoms. The Morgan fingerprint density at radius 2 is 1.93 bits per heavy atom. The van der Waals surface area contributed by atoms with Crippen LogP contribution in [-0.4, -0.2) is 28.9 Å². The minimum Gasteiger partial charge on any atom is -0.494 e. The molecule has 6 nitrogen and oxygen atoms in total. The first-order valence-electron chi connectivity index (χ1n) is 8.66. The lowest BCUT2D eigenvalue weighted by Crippen LogP contribution is -2.18. The predicted molar refractivity (Wildman–Crippen MR) is 102 cm³/mol. The molecule has 1 amide bonds. The molecule has 0 unspecified atom stereocenters. The lowest BCUT2D eigenvalue weighted by atomic mass is 10.1. The minimum atomic E-state index is -4.51. The molecule has 3 rings (SSSR count). The smallest absolute Gasteiger partial charge is 0.417 e. The van der Waals surface area contributed by atoms with E-state index >= 15 is 0 Å². The maximum Gasteiger partial charge on any atom is 0.417 e. The third-order valence-corrected chi connectivity index (χ3v) is 3.92. The Balaban J connectivity index is 1.68. The monoisotopic (exact) mass is 402 g/mol. The fourth-order valence-electron chi connectivity index (χ4n) is 2.56. The van der Waals surface area contributed by atoms with Crippen molar-refractivity contribution in [2.24, 2.45) is 5.10 Å². The highest BCUT2D eigenvalue weighted by molar-refractivity contribution is 5.94. The third kappa shape index (κ3) is 5.01. The highest BCUT2D eigenvalue weighted by atomic mass is 19.4. The van der Waals surface area contributed by atoms with Crippen LogP contribution < -0.4 is 10.2 Å². The zero-order chi connectivity index (χ0) is 20.9. The lowest BCUT2D eigenvalue weighted by Gasteiger charge is -2.09. The Morgan fingerprint density at radius 1 is 1.21 bits per heavy atom. The van der Waals surface area contributed by atoms with E-state index in [0.717, 1.165) is 23.6 Å². The fourth-order valence-corrected chi connectivity index (χ4v) is 2.56. The van der Waals surface area contributed by atoms with Crippen molar-refractivity contribution in [3.05, 3.63) is 71.4 Å². The molecule has 0 spiro atoms. The molecule has 0 aliphatic carbocycles. The van der Waals surface area contributed by atoms with Gasteiger partial charge in [0.2, 0.25) is 0 Å². The number of nitrogens with zero attached hydrogens (tertiary/aromatic N) is 2. The second kappa shape index (κ2) is 8.59. The number of amides is 1. The molecule has 0 aliphatic heterocycles. The quantitative estimate of drug-likeness (QED) is 0.478. The summed E-state index contributed by atoms with van der Waals surface area (Å²) in [6, 6.07) is 13.6. The predicted octanol–water partition coefficient (Wildman–Crippen LogP) is 4.26. The van der Waals surface area contributed by atoms with E-state index in [2.05, 4.69) is 20.7 Å². The van der Waals surface area contributed by atoms with Gasteiger partial charge in [0, 0.05) is 11.1 Å². The molecule has 0 bridgehead atoms. The van der Waals surface area contributed by atoms with Crippen LogP contribution in [0.1, 0.15) is 28.5 Å². The average molecular weight is 402 g/mol. The van der Waals surface area contributed by atoms with Gasteiger partial charge in [-0.15, -0.1) is 0 Å². The van der Waals surface area contributed by atoms with Crippen LogP contribution in [0.15, 0.2) is 59.7 Å². The summed E-state index contributed by atoms with van der Waals surface area (Å²) < 4.78 is 44.3. The number of aromatic nitrogens is 2. The van der Waals surface area contributed by atoms with Gasteiger partial charge in [-0.05, 0) is 43.3 Å². The van der Waals surface area contributed by atoms with E-state index in [0.29, 0.717) is 12.3 Å². The van der Waals surface area contributed by atoms with Crippen molar-refractivity contribution in [2.45, 2.75) is 13.1 Å². The molecule has 2 aromatic carbocycles. The van der Waals surface area contributed by atoms with E-state index in [1.54, 1.807) is 24.3 Å². The molecule has 0 aliphatic rings. The third-order valence-electron chi connectivity index (χ3n) is 3.92. The first-order chi connectivity index (χ1) is 13.9. The summed E-state index contributed by atoms with van der Waals surface area (Å²) in [4.78, 5) is 12.2. The first kappa shape index (κ1) is 20.1. The Morgan fingerprint density at radius 3 is 2.62 bits per heavy atom. The zero-order valence-electron chi connectivity index (χ0n) is 15.3. The van der Waals surface area contributed by atoms with Crippen molar-refractivity contribution < 1.29 is 22.7 Å². The van der Waals surface area contributed by atoms with Crippen LogP contribution in [0, 0.1) is 0 Å². The summed E-state index contributed by atoms with van der Waals surface area (Å²) in [6.07, 6.45) is -3.56. The fraction of sp³-hybridized carbons (Fsp3) is 0.150. The van der Waals surface area contributed by atoms with Crippen molar-refractivity contribution in [3.8, 4) is 17.0 Å². The van der Waals surface area contributed by atoms with Crippen molar-refractivity contribution in [2.75, 3.05) is 6.61 Å². The molecule has 3 aromatic rings.